The van der Waals surface area contributed by atoms with Crippen molar-refractivity contribution in [3.8, 4) is 17.0 Å². The lowest BCUT2D eigenvalue weighted by Crippen LogP contribution is -2.46. The molecule has 5 heteroatoms. The molecule has 4 rings (SSSR count). The molecule has 0 amide bonds. The lowest BCUT2D eigenvalue weighted by atomic mass is 9.97. The van der Waals surface area contributed by atoms with Crippen LogP contribution in [-0.4, -0.2) is 36.4 Å². The predicted molar refractivity (Wildman–Crippen MR) is 103 cm³/mol. The van der Waals surface area contributed by atoms with Gasteiger partial charge in [-0.15, -0.1) is 0 Å². The largest absolute Gasteiger partial charge is 0.461 e. The molecule has 138 valence electrons. The average molecular weight is 363 g/mol. The van der Waals surface area contributed by atoms with Crippen LogP contribution >= 0.6 is 0 Å². The van der Waals surface area contributed by atoms with Crippen molar-refractivity contribution >= 4 is 16.7 Å². The van der Waals surface area contributed by atoms with Gasteiger partial charge in [-0.05, 0) is 44.2 Å². The van der Waals surface area contributed by atoms with E-state index < -0.39 is 12.4 Å². The molecule has 2 aromatic carbocycles. The molecular weight excluding hydrogens is 342 g/mol. The van der Waals surface area contributed by atoms with Crippen LogP contribution in [0.5, 0.6) is 5.75 Å². The average Bonchev–Trinajstić information content (AvgIpc) is 2.69. The van der Waals surface area contributed by atoms with Crippen LogP contribution in [0.25, 0.3) is 22.2 Å². The molecule has 1 aliphatic heterocycles. The number of methoxy groups -OCH3 is 1. The fourth-order valence-electron chi connectivity index (χ4n) is 3.27. The highest BCUT2D eigenvalue weighted by Gasteiger charge is 2.39. The minimum Gasteiger partial charge on any atom is -0.461 e. The van der Waals surface area contributed by atoms with Crippen LogP contribution in [0.1, 0.15) is 24.2 Å². The summed E-state index contributed by atoms with van der Waals surface area (Å²) in [4.78, 5) is 17.7. The van der Waals surface area contributed by atoms with Gasteiger partial charge >= 0.3 is 0 Å². The van der Waals surface area contributed by atoms with Crippen LogP contribution in [0.3, 0.4) is 0 Å². The quantitative estimate of drug-likeness (QED) is 0.694. The monoisotopic (exact) mass is 363 g/mol. The number of nitrogens with zero attached hydrogens (tertiary/aromatic N) is 1. The molecule has 1 aliphatic rings. The zero-order chi connectivity index (χ0) is 19.0. The van der Waals surface area contributed by atoms with Crippen molar-refractivity contribution in [3.05, 3.63) is 60.2 Å². The Hall–Kier alpha value is -2.76. The van der Waals surface area contributed by atoms with Gasteiger partial charge in [0, 0.05) is 18.1 Å². The van der Waals surface area contributed by atoms with Crippen LogP contribution in [0.2, 0.25) is 0 Å². The number of fused-ring (bicyclic) bond motifs is 2. The minimum absolute atomic E-state index is 0.118. The highest BCUT2D eigenvalue weighted by atomic mass is 16.7. The van der Waals surface area contributed by atoms with Crippen LogP contribution in [-0.2, 0) is 9.47 Å². The first-order chi connectivity index (χ1) is 13.1. The molecule has 0 N–H and O–H groups in total. The SMILES string of the molecule is COC1Oc2ccc(-c3ccc4ccccc4n3)cc2C(=O)C1OC(C)C. The van der Waals surface area contributed by atoms with Crippen LogP contribution < -0.4 is 4.74 Å². The summed E-state index contributed by atoms with van der Waals surface area (Å²) in [6, 6.07) is 17.4. The summed E-state index contributed by atoms with van der Waals surface area (Å²) in [6.07, 6.45) is -1.66. The van der Waals surface area contributed by atoms with E-state index in [2.05, 4.69) is 0 Å². The van der Waals surface area contributed by atoms with Crippen molar-refractivity contribution in [3.63, 3.8) is 0 Å². The van der Waals surface area contributed by atoms with E-state index in [0.717, 1.165) is 22.2 Å². The molecule has 0 saturated heterocycles. The number of benzene rings is 2. The number of ether oxygens (including phenoxy) is 3. The first kappa shape index (κ1) is 17.6. The van der Waals surface area contributed by atoms with Crippen LogP contribution in [0.4, 0.5) is 0 Å². The molecule has 0 spiro atoms. The summed E-state index contributed by atoms with van der Waals surface area (Å²) in [5.41, 5.74) is 3.06. The molecule has 3 aromatic rings. The fourth-order valence-corrected chi connectivity index (χ4v) is 3.27. The normalized spacial score (nSPS) is 19.2. The van der Waals surface area contributed by atoms with E-state index >= 15 is 0 Å². The Bertz CT molecular complexity index is 999. The lowest BCUT2D eigenvalue weighted by molar-refractivity contribution is -0.148. The van der Waals surface area contributed by atoms with Crippen molar-refractivity contribution in [1.29, 1.82) is 0 Å². The number of hydrogen-bond donors (Lipinski definition) is 0. The van der Waals surface area contributed by atoms with Gasteiger partial charge in [0.15, 0.2) is 6.10 Å². The minimum atomic E-state index is -0.790. The Labute approximate surface area is 157 Å². The molecule has 2 heterocycles. The number of ketones is 1. The number of carbonyl (C=O) groups is 1. The smallest absolute Gasteiger partial charge is 0.233 e. The summed E-state index contributed by atoms with van der Waals surface area (Å²) < 4.78 is 16.9. The van der Waals surface area contributed by atoms with Gasteiger partial charge in [0.05, 0.1) is 22.9 Å². The Morgan fingerprint density at radius 1 is 1.07 bits per heavy atom. The molecule has 2 unspecified atom stereocenters. The molecule has 1 aromatic heterocycles. The summed E-state index contributed by atoms with van der Waals surface area (Å²) >= 11 is 0. The van der Waals surface area contributed by atoms with Crippen molar-refractivity contribution in [2.75, 3.05) is 7.11 Å². The molecule has 0 fully saturated rings. The highest BCUT2D eigenvalue weighted by molar-refractivity contribution is 6.04. The molecule has 27 heavy (non-hydrogen) atoms. The summed E-state index contributed by atoms with van der Waals surface area (Å²) in [6.45, 7) is 3.76. The number of para-hydroxylation sites is 1. The topological polar surface area (TPSA) is 57.7 Å². The van der Waals surface area contributed by atoms with Crippen molar-refractivity contribution < 1.29 is 19.0 Å². The first-order valence-corrected chi connectivity index (χ1v) is 8.96. The van der Waals surface area contributed by atoms with Gasteiger partial charge in [-0.1, -0.05) is 24.3 Å². The maximum absolute atomic E-state index is 13.0. The highest BCUT2D eigenvalue weighted by Crippen LogP contribution is 2.33. The van der Waals surface area contributed by atoms with E-state index in [-0.39, 0.29) is 11.9 Å². The summed E-state index contributed by atoms with van der Waals surface area (Å²) in [5.74, 6) is 0.361. The molecule has 0 bridgehead atoms. The zero-order valence-corrected chi connectivity index (χ0v) is 15.5. The molecule has 5 nitrogen and oxygen atoms in total. The summed E-state index contributed by atoms with van der Waals surface area (Å²) in [5, 5.41) is 1.08. The maximum atomic E-state index is 13.0. The Kier molecular flexibility index (Phi) is 4.64. The van der Waals surface area contributed by atoms with Crippen molar-refractivity contribution in [1.82, 2.24) is 4.98 Å². The fraction of sp³-hybridized carbons (Fsp3) is 0.273. The van der Waals surface area contributed by atoms with Gasteiger partial charge in [0.1, 0.15) is 5.75 Å². The number of aromatic nitrogens is 1. The molecule has 0 radical (unpaired) electrons. The van der Waals surface area contributed by atoms with Crippen molar-refractivity contribution in [2.24, 2.45) is 0 Å². The lowest BCUT2D eigenvalue weighted by Gasteiger charge is -2.32. The molecule has 2 atom stereocenters. The van der Waals surface area contributed by atoms with E-state index in [9.17, 15) is 4.79 Å². The Morgan fingerprint density at radius 2 is 1.89 bits per heavy atom. The van der Waals surface area contributed by atoms with Gasteiger partial charge in [-0.25, -0.2) is 4.98 Å². The van der Waals surface area contributed by atoms with E-state index in [0.29, 0.717) is 11.3 Å². The van der Waals surface area contributed by atoms with Gasteiger partial charge in [-0.3, -0.25) is 4.79 Å². The number of pyridine rings is 1. The van der Waals surface area contributed by atoms with E-state index in [1.807, 2.05) is 62.4 Å². The molecule has 0 aliphatic carbocycles. The molecular formula is C22H21NO4. The Morgan fingerprint density at radius 3 is 2.67 bits per heavy atom. The van der Waals surface area contributed by atoms with Gasteiger partial charge < -0.3 is 14.2 Å². The number of carbonyl (C=O) groups excluding carboxylic acids is 1. The van der Waals surface area contributed by atoms with E-state index in [1.165, 1.54) is 7.11 Å². The van der Waals surface area contributed by atoms with Crippen LogP contribution in [0.15, 0.2) is 54.6 Å². The van der Waals surface area contributed by atoms with E-state index in [1.54, 1.807) is 6.07 Å². The zero-order valence-electron chi connectivity index (χ0n) is 15.5. The second-order valence-corrected chi connectivity index (χ2v) is 6.79. The summed E-state index contributed by atoms with van der Waals surface area (Å²) in [7, 11) is 1.51. The number of rotatable bonds is 4. The third-order valence-corrected chi connectivity index (χ3v) is 4.54. The molecule has 0 saturated carbocycles. The first-order valence-electron chi connectivity index (χ1n) is 8.96. The number of Topliss-reactive ketones (excluding diaryl/α,β-unsaturated/α-hetero) is 1. The second-order valence-electron chi connectivity index (χ2n) is 6.79. The third-order valence-electron chi connectivity index (χ3n) is 4.54. The van der Waals surface area contributed by atoms with E-state index in [4.69, 9.17) is 19.2 Å². The second kappa shape index (κ2) is 7.10. The van der Waals surface area contributed by atoms with Gasteiger partial charge in [-0.2, -0.15) is 0 Å². The maximum Gasteiger partial charge on any atom is 0.233 e. The third kappa shape index (κ3) is 3.31. The predicted octanol–water partition coefficient (Wildman–Crippen LogP) is 4.24. The van der Waals surface area contributed by atoms with Gasteiger partial charge in [0.25, 0.3) is 0 Å². The Balaban J connectivity index is 1.74. The van der Waals surface area contributed by atoms with Gasteiger partial charge in [0.2, 0.25) is 12.1 Å². The van der Waals surface area contributed by atoms with Crippen molar-refractivity contribution in [2.45, 2.75) is 32.3 Å². The standard InChI is InChI=1S/C22H21NO4/c1-13(2)26-21-20(24)16-12-15(9-11-19(16)27-22(21)25-3)18-10-8-14-6-4-5-7-17(14)23-18/h4-13,21-22H,1-3H3. The number of hydrogen-bond acceptors (Lipinski definition) is 5. The van der Waals surface area contributed by atoms with Crippen LogP contribution in [0, 0.1) is 0 Å².